The lowest BCUT2D eigenvalue weighted by molar-refractivity contribution is -0.133. The zero-order chi connectivity index (χ0) is 17.7. The van der Waals surface area contributed by atoms with E-state index in [0.717, 1.165) is 11.1 Å². The molecule has 0 aliphatic rings. The van der Waals surface area contributed by atoms with E-state index in [1.54, 1.807) is 24.3 Å². The van der Waals surface area contributed by atoms with Gasteiger partial charge in [-0.1, -0.05) is 23.8 Å². The second-order valence-electron chi connectivity index (χ2n) is 5.30. The average Bonchev–Trinajstić information content (AvgIpc) is 2.56. The monoisotopic (exact) mass is 326 g/mol. The maximum atomic E-state index is 12.0. The first-order valence-corrected chi connectivity index (χ1v) is 7.28. The molecule has 0 heterocycles. The molecule has 0 spiro atoms. The third-order valence-corrected chi connectivity index (χ3v) is 3.38. The lowest BCUT2D eigenvalue weighted by Gasteiger charge is -2.10. The number of methoxy groups -OCH3 is 1. The first kappa shape index (κ1) is 17.2. The fourth-order valence-corrected chi connectivity index (χ4v) is 2.16. The molecule has 24 heavy (non-hydrogen) atoms. The number of amides is 2. The fourth-order valence-electron chi connectivity index (χ4n) is 2.16. The van der Waals surface area contributed by atoms with Crippen LogP contribution in [0.2, 0.25) is 0 Å². The van der Waals surface area contributed by atoms with Gasteiger partial charge in [-0.2, -0.15) is 0 Å². The molecule has 2 aromatic carbocycles. The predicted molar refractivity (Wildman–Crippen MR) is 91.0 cm³/mol. The lowest BCUT2D eigenvalue weighted by atomic mass is 10.1. The van der Waals surface area contributed by atoms with Crippen LogP contribution < -0.4 is 10.6 Å². The zero-order valence-electron chi connectivity index (χ0n) is 13.7. The summed E-state index contributed by atoms with van der Waals surface area (Å²) < 4.78 is 4.61. The molecule has 0 atom stereocenters. The van der Waals surface area contributed by atoms with Crippen molar-refractivity contribution in [3.63, 3.8) is 0 Å². The van der Waals surface area contributed by atoms with Gasteiger partial charge in [-0.25, -0.2) is 4.79 Å². The molecule has 2 aromatic rings. The van der Waals surface area contributed by atoms with E-state index in [4.69, 9.17) is 0 Å². The quantitative estimate of drug-likeness (QED) is 0.671. The number of anilines is 2. The second kappa shape index (κ2) is 7.41. The molecule has 0 aliphatic heterocycles. The Morgan fingerprint density at radius 1 is 0.917 bits per heavy atom. The Morgan fingerprint density at radius 2 is 1.62 bits per heavy atom. The van der Waals surface area contributed by atoms with Gasteiger partial charge in [0.25, 0.3) is 0 Å². The summed E-state index contributed by atoms with van der Waals surface area (Å²) in [5.41, 5.74) is 3.12. The molecule has 0 saturated carbocycles. The van der Waals surface area contributed by atoms with Crippen LogP contribution in [0.5, 0.6) is 0 Å². The van der Waals surface area contributed by atoms with Crippen molar-refractivity contribution in [2.24, 2.45) is 0 Å². The maximum Gasteiger partial charge on any atom is 0.337 e. The van der Waals surface area contributed by atoms with Gasteiger partial charge in [0.2, 0.25) is 0 Å². The number of nitrogens with one attached hydrogen (secondary N) is 2. The van der Waals surface area contributed by atoms with Crippen LogP contribution in [0.15, 0.2) is 42.5 Å². The van der Waals surface area contributed by atoms with Gasteiger partial charge in [-0.15, -0.1) is 0 Å². The van der Waals surface area contributed by atoms with Crippen LogP contribution in [-0.2, 0) is 14.3 Å². The minimum Gasteiger partial charge on any atom is -0.465 e. The number of esters is 1. The zero-order valence-corrected chi connectivity index (χ0v) is 13.7. The molecule has 2 N–H and O–H groups in total. The normalized spacial score (nSPS) is 9.96. The van der Waals surface area contributed by atoms with Gasteiger partial charge < -0.3 is 15.4 Å². The highest BCUT2D eigenvalue weighted by molar-refractivity contribution is 6.43. The highest BCUT2D eigenvalue weighted by atomic mass is 16.5. The van der Waals surface area contributed by atoms with Crippen LogP contribution >= 0.6 is 0 Å². The summed E-state index contributed by atoms with van der Waals surface area (Å²) in [7, 11) is 1.27. The van der Waals surface area contributed by atoms with E-state index in [1.165, 1.54) is 13.2 Å². The Kier molecular flexibility index (Phi) is 5.31. The van der Waals surface area contributed by atoms with E-state index in [1.807, 2.05) is 26.0 Å². The molecule has 0 aliphatic carbocycles. The Bertz CT molecular complexity index is 799. The van der Waals surface area contributed by atoms with Crippen molar-refractivity contribution in [2.75, 3.05) is 17.7 Å². The summed E-state index contributed by atoms with van der Waals surface area (Å²) in [5.74, 6) is -2.13. The summed E-state index contributed by atoms with van der Waals surface area (Å²) in [6, 6.07) is 11.7. The summed E-state index contributed by atoms with van der Waals surface area (Å²) in [6.07, 6.45) is 0. The number of ether oxygens (including phenoxy) is 1. The van der Waals surface area contributed by atoms with Crippen molar-refractivity contribution in [3.05, 3.63) is 59.2 Å². The van der Waals surface area contributed by atoms with Gasteiger partial charge in [0.15, 0.2) is 0 Å². The number of benzene rings is 2. The van der Waals surface area contributed by atoms with E-state index < -0.39 is 17.8 Å². The smallest absolute Gasteiger partial charge is 0.337 e. The summed E-state index contributed by atoms with van der Waals surface area (Å²) in [4.78, 5) is 35.5. The van der Waals surface area contributed by atoms with Crippen molar-refractivity contribution >= 4 is 29.2 Å². The van der Waals surface area contributed by atoms with Crippen LogP contribution in [0.4, 0.5) is 11.4 Å². The molecular weight excluding hydrogens is 308 g/mol. The minimum absolute atomic E-state index is 0.282. The number of aryl methyl sites for hydroxylation is 2. The Morgan fingerprint density at radius 3 is 2.29 bits per heavy atom. The summed E-state index contributed by atoms with van der Waals surface area (Å²) in [6.45, 7) is 3.79. The van der Waals surface area contributed by atoms with Crippen LogP contribution in [0.3, 0.4) is 0 Å². The highest BCUT2D eigenvalue weighted by Crippen LogP contribution is 2.16. The van der Waals surface area contributed by atoms with Crippen molar-refractivity contribution < 1.29 is 19.1 Å². The van der Waals surface area contributed by atoms with Crippen molar-refractivity contribution in [2.45, 2.75) is 13.8 Å². The lowest BCUT2D eigenvalue weighted by Crippen LogP contribution is -2.29. The SMILES string of the molecule is COC(=O)c1cccc(NC(=O)C(=O)Nc2ccc(C)cc2C)c1. The van der Waals surface area contributed by atoms with Crippen molar-refractivity contribution in [1.29, 1.82) is 0 Å². The molecule has 6 heteroatoms. The van der Waals surface area contributed by atoms with Crippen LogP contribution in [-0.4, -0.2) is 24.9 Å². The largest absolute Gasteiger partial charge is 0.465 e. The standard InChI is InChI=1S/C18H18N2O4/c1-11-7-8-15(12(2)9-11)20-17(22)16(21)19-14-6-4-5-13(10-14)18(23)24-3/h4-10H,1-3H3,(H,19,21)(H,20,22). The molecule has 0 bridgehead atoms. The summed E-state index contributed by atoms with van der Waals surface area (Å²) in [5, 5.41) is 5.02. The molecule has 124 valence electrons. The first-order valence-electron chi connectivity index (χ1n) is 7.28. The maximum absolute atomic E-state index is 12.0. The number of hydrogen-bond acceptors (Lipinski definition) is 4. The molecule has 0 aromatic heterocycles. The molecule has 0 saturated heterocycles. The average molecular weight is 326 g/mol. The Labute approximate surface area is 139 Å². The van der Waals surface area contributed by atoms with E-state index in [9.17, 15) is 14.4 Å². The Balaban J connectivity index is 2.06. The third-order valence-electron chi connectivity index (χ3n) is 3.38. The van der Waals surface area contributed by atoms with Crippen LogP contribution in [0.1, 0.15) is 21.5 Å². The minimum atomic E-state index is -0.822. The number of hydrogen-bond donors (Lipinski definition) is 2. The molecule has 2 rings (SSSR count). The van der Waals surface area contributed by atoms with E-state index in [0.29, 0.717) is 11.4 Å². The Hall–Kier alpha value is -3.15. The van der Waals surface area contributed by atoms with E-state index in [2.05, 4.69) is 15.4 Å². The van der Waals surface area contributed by atoms with Crippen LogP contribution in [0, 0.1) is 13.8 Å². The summed E-state index contributed by atoms with van der Waals surface area (Å²) >= 11 is 0. The molecule has 0 radical (unpaired) electrons. The molecule has 0 fully saturated rings. The second-order valence-corrected chi connectivity index (χ2v) is 5.30. The highest BCUT2D eigenvalue weighted by Gasteiger charge is 2.16. The topological polar surface area (TPSA) is 84.5 Å². The van der Waals surface area contributed by atoms with Crippen molar-refractivity contribution in [3.8, 4) is 0 Å². The van der Waals surface area contributed by atoms with Gasteiger partial charge >= 0.3 is 17.8 Å². The third kappa shape index (κ3) is 4.19. The van der Waals surface area contributed by atoms with E-state index >= 15 is 0 Å². The van der Waals surface area contributed by atoms with Gasteiger partial charge in [-0.05, 0) is 43.7 Å². The molecular formula is C18H18N2O4. The number of rotatable bonds is 3. The van der Waals surface area contributed by atoms with Gasteiger partial charge in [0.1, 0.15) is 0 Å². The van der Waals surface area contributed by atoms with Crippen molar-refractivity contribution in [1.82, 2.24) is 0 Å². The number of carbonyl (C=O) groups excluding carboxylic acids is 3. The van der Waals surface area contributed by atoms with Gasteiger partial charge in [0.05, 0.1) is 12.7 Å². The van der Waals surface area contributed by atoms with E-state index in [-0.39, 0.29) is 5.56 Å². The van der Waals surface area contributed by atoms with Gasteiger partial charge in [0, 0.05) is 11.4 Å². The number of carbonyl (C=O) groups is 3. The van der Waals surface area contributed by atoms with Gasteiger partial charge in [-0.3, -0.25) is 9.59 Å². The fraction of sp³-hybridized carbons (Fsp3) is 0.167. The van der Waals surface area contributed by atoms with Crippen LogP contribution in [0.25, 0.3) is 0 Å². The predicted octanol–water partition coefficient (Wildman–Crippen LogP) is 2.67. The first-order chi connectivity index (χ1) is 11.4. The molecule has 2 amide bonds. The molecule has 6 nitrogen and oxygen atoms in total. The molecule has 0 unspecified atom stereocenters.